The maximum atomic E-state index is 10.8. The van der Waals surface area contributed by atoms with Crippen LogP contribution in [0.1, 0.15) is 11.1 Å². The van der Waals surface area contributed by atoms with Gasteiger partial charge in [0.1, 0.15) is 0 Å². The van der Waals surface area contributed by atoms with E-state index in [0.29, 0.717) is 6.54 Å². The third-order valence-corrected chi connectivity index (χ3v) is 1.66. The van der Waals surface area contributed by atoms with Gasteiger partial charge in [-0.05, 0) is 0 Å². The monoisotopic (exact) mass is 133 g/mol. The molecule has 1 aliphatic rings. The third kappa shape index (κ3) is 0.727. The minimum absolute atomic E-state index is 0.510. The first-order valence-electron chi connectivity index (χ1n) is 3.23. The summed E-state index contributed by atoms with van der Waals surface area (Å²) in [5.41, 5.74) is 2.18. The predicted molar refractivity (Wildman–Crippen MR) is 37.2 cm³/mol. The van der Waals surface area contributed by atoms with Crippen LogP contribution in [0, 0.1) is 11.5 Å². The molecule has 0 bridgehead atoms. The lowest BCUT2D eigenvalue weighted by atomic mass is 10.1. The topological polar surface area (TPSA) is 20.1 Å². The van der Waals surface area contributed by atoms with E-state index < -0.39 is 0 Å². The number of hydrogen-bond donors (Lipinski definition) is 0. The summed E-state index contributed by atoms with van der Waals surface area (Å²) >= 11 is 0. The molecule has 10 heavy (non-hydrogen) atoms. The Morgan fingerprint density at radius 1 is 1.30 bits per heavy atom. The maximum Gasteiger partial charge on any atom is 0.296 e. The average molecular weight is 133 g/mol. The summed E-state index contributed by atoms with van der Waals surface area (Å²) < 4.78 is 0.949. The largest absolute Gasteiger partial charge is 0.296 e. The molecule has 0 unspecified atom stereocenters. The van der Waals surface area contributed by atoms with Crippen molar-refractivity contribution in [3.8, 4) is 0 Å². The van der Waals surface area contributed by atoms with Crippen molar-refractivity contribution < 1.29 is 4.76 Å². The van der Waals surface area contributed by atoms with Crippen LogP contribution in [-0.2, 0) is 6.54 Å². The minimum Gasteiger partial charge on any atom is -0.0617 e. The van der Waals surface area contributed by atoms with Crippen molar-refractivity contribution in [3.05, 3.63) is 46.8 Å². The van der Waals surface area contributed by atoms with Gasteiger partial charge in [0.15, 0.2) is 0 Å². The summed E-state index contributed by atoms with van der Waals surface area (Å²) in [4.78, 5) is 10.8. The lowest BCUT2D eigenvalue weighted by Gasteiger charge is -1.85. The predicted octanol–water partition coefficient (Wildman–Crippen LogP) is 1.49. The zero-order chi connectivity index (χ0) is 6.97. The zero-order valence-electron chi connectivity index (χ0n) is 5.45. The number of hydrogen-bond acceptors (Lipinski definition) is 1. The van der Waals surface area contributed by atoms with E-state index in [1.165, 1.54) is 0 Å². The Labute approximate surface area is 59.1 Å². The number of fused-ring (bicyclic) bond motifs is 1. The quantitative estimate of drug-likeness (QED) is 0.491. The Morgan fingerprint density at radius 3 is 2.90 bits per heavy atom. The summed E-state index contributed by atoms with van der Waals surface area (Å²) in [6, 6.07) is 7.82. The van der Waals surface area contributed by atoms with Gasteiger partial charge in [-0.2, -0.15) is 0 Å². The second-order valence-corrected chi connectivity index (χ2v) is 2.40. The molecular formula is C8H7NO+. The lowest BCUT2D eigenvalue weighted by Crippen LogP contribution is -1.91. The second-order valence-electron chi connectivity index (χ2n) is 2.40. The van der Waals surface area contributed by atoms with Crippen molar-refractivity contribution in [1.29, 1.82) is 0 Å². The van der Waals surface area contributed by atoms with Crippen LogP contribution in [0.5, 0.6) is 0 Å². The number of rotatable bonds is 0. The first kappa shape index (κ1) is 5.59. The van der Waals surface area contributed by atoms with Crippen molar-refractivity contribution in [2.75, 3.05) is 0 Å². The summed E-state index contributed by atoms with van der Waals surface area (Å²) in [6.45, 7) is 2.13. The molecule has 0 amide bonds. The molecule has 1 aliphatic heterocycles. The molecule has 0 aliphatic carbocycles. The van der Waals surface area contributed by atoms with Crippen LogP contribution in [0.15, 0.2) is 24.3 Å². The fourth-order valence-corrected chi connectivity index (χ4v) is 1.17. The van der Waals surface area contributed by atoms with E-state index in [4.69, 9.17) is 0 Å². The third-order valence-electron chi connectivity index (χ3n) is 1.66. The average Bonchev–Trinajstić information content (AvgIpc) is 2.27. The molecule has 2 nitrogen and oxygen atoms in total. The van der Waals surface area contributed by atoms with Gasteiger partial charge in [0, 0.05) is 20.8 Å². The highest BCUT2D eigenvalue weighted by Gasteiger charge is 2.24. The van der Waals surface area contributed by atoms with Crippen LogP contribution < -0.4 is 0 Å². The van der Waals surface area contributed by atoms with Crippen molar-refractivity contribution in [2.24, 2.45) is 0 Å². The number of nitroso groups, excluding NO2 is 1. The Hall–Kier alpha value is -1.18. The fourth-order valence-electron chi connectivity index (χ4n) is 1.17. The van der Waals surface area contributed by atoms with Crippen LogP contribution in [0.3, 0.4) is 0 Å². The Morgan fingerprint density at radius 2 is 2.10 bits per heavy atom. The van der Waals surface area contributed by atoms with Crippen LogP contribution in [0.4, 0.5) is 0 Å². The van der Waals surface area contributed by atoms with Gasteiger partial charge in [-0.1, -0.05) is 24.3 Å². The molecular weight excluding hydrogens is 126 g/mol. The van der Waals surface area contributed by atoms with Gasteiger partial charge in [-0.15, -0.1) is 0 Å². The van der Waals surface area contributed by atoms with Crippen molar-refractivity contribution in [1.82, 2.24) is 0 Å². The van der Waals surface area contributed by atoms with Crippen molar-refractivity contribution in [3.63, 3.8) is 0 Å². The van der Waals surface area contributed by atoms with Gasteiger partial charge in [0.2, 0.25) is 6.54 Å². The summed E-state index contributed by atoms with van der Waals surface area (Å²) in [5, 5.41) is 0. The molecule has 2 heteroatoms. The van der Waals surface area contributed by atoms with E-state index >= 15 is 0 Å². The molecule has 1 heterocycles. The molecule has 0 N–H and O–H groups in total. The molecule has 0 fully saturated rings. The van der Waals surface area contributed by atoms with Gasteiger partial charge in [-0.25, -0.2) is 0 Å². The molecule has 2 rings (SSSR count). The van der Waals surface area contributed by atoms with E-state index in [2.05, 4.69) is 0 Å². The van der Waals surface area contributed by atoms with E-state index in [1.54, 1.807) is 6.54 Å². The first-order chi connectivity index (χ1) is 4.86. The molecule has 1 aromatic rings. The van der Waals surface area contributed by atoms with Crippen LogP contribution >= 0.6 is 0 Å². The van der Waals surface area contributed by atoms with E-state index in [1.807, 2.05) is 24.3 Å². The second kappa shape index (κ2) is 1.90. The summed E-state index contributed by atoms with van der Waals surface area (Å²) in [7, 11) is 0. The minimum atomic E-state index is 0.510. The molecule has 0 saturated heterocycles. The van der Waals surface area contributed by atoms with E-state index in [9.17, 15) is 4.91 Å². The van der Waals surface area contributed by atoms with Crippen molar-refractivity contribution >= 4 is 0 Å². The van der Waals surface area contributed by atoms with Crippen LogP contribution in [0.25, 0.3) is 0 Å². The van der Waals surface area contributed by atoms with Gasteiger partial charge in [0.05, 0.1) is 0 Å². The Kier molecular flexibility index (Phi) is 1.07. The van der Waals surface area contributed by atoms with Gasteiger partial charge < -0.3 is 0 Å². The normalized spacial score (nSPS) is 15.4. The molecule has 0 spiro atoms. The van der Waals surface area contributed by atoms with Gasteiger partial charge in [-0.3, -0.25) is 0 Å². The van der Waals surface area contributed by atoms with Crippen LogP contribution in [0.2, 0.25) is 0 Å². The molecule has 0 saturated carbocycles. The van der Waals surface area contributed by atoms with Gasteiger partial charge in [0.25, 0.3) is 6.54 Å². The number of benzene rings is 1. The van der Waals surface area contributed by atoms with E-state index in [0.717, 1.165) is 15.9 Å². The fraction of sp³-hybridized carbons (Fsp3) is 0.125. The SMILES string of the molecule is O=[N+]1[CH]c2ccccc2C1. The first-order valence-corrected chi connectivity index (χ1v) is 3.23. The molecule has 0 atom stereocenters. The van der Waals surface area contributed by atoms with Crippen molar-refractivity contribution in [2.45, 2.75) is 6.54 Å². The Balaban J connectivity index is 2.51. The Bertz CT molecular complexity index is 253. The maximum absolute atomic E-state index is 10.8. The molecule has 0 aromatic heterocycles. The highest BCUT2D eigenvalue weighted by molar-refractivity contribution is 5.32. The molecule has 49 valence electrons. The van der Waals surface area contributed by atoms with Gasteiger partial charge >= 0.3 is 0 Å². The van der Waals surface area contributed by atoms with Crippen LogP contribution in [-0.4, -0.2) is 4.76 Å². The highest BCUT2D eigenvalue weighted by atomic mass is 16.3. The highest BCUT2D eigenvalue weighted by Crippen LogP contribution is 2.19. The number of nitrogens with zero attached hydrogens (tertiary/aromatic N) is 1. The molecule has 1 aromatic carbocycles. The summed E-state index contributed by atoms with van der Waals surface area (Å²) in [5.74, 6) is 0. The van der Waals surface area contributed by atoms with E-state index in [-0.39, 0.29) is 0 Å². The smallest absolute Gasteiger partial charge is 0.0617 e. The molecule has 1 radical (unpaired) electrons. The zero-order valence-corrected chi connectivity index (χ0v) is 5.45. The lowest BCUT2D eigenvalue weighted by molar-refractivity contribution is -0.510. The summed E-state index contributed by atoms with van der Waals surface area (Å²) in [6.07, 6.45) is 0. The standard InChI is InChI=1S/C8H7NO/c10-9-5-7-3-1-2-4-8(7)6-9/h1-5H,6H2/q+1.